The number of halogens is 1. The molecule has 1 aliphatic heterocycles. The Balaban J connectivity index is 1.28. The van der Waals surface area contributed by atoms with E-state index < -0.39 is 18.7 Å². The molecule has 2 heterocycles. The zero-order chi connectivity index (χ0) is 33.3. The van der Waals surface area contributed by atoms with Gasteiger partial charge in [-0.2, -0.15) is 0 Å². The molecule has 0 bridgehead atoms. The van der Waals surface area contributed by atoms with E-state index in [-0.39, 0.29) is 54.1 Å². The number of alkyl halides is 1. The van der Waals surface area contributed by atoms with Crippen LogP contribution in [0.15, 0.2) is 28.7 Å². The van der Waals surface area contributed by atoms with Crippen LogP contribution in [0.25, 0.3) is 11.0 Å². The predicted octanol–water partition coefficient (Wildman–Crippen LogP) is 5.87. The first-order chi connectivity index (χ1) is 22.8. The molecular weight excluding hydrogens is 605 g/mol. The third-order valence-electron chi connectivity index (χ3n) is 10.8. The number of esters is 1. The molecule has 3 atom stereocenters. The Bertz CT molecular complexity index is 1340. The van der Waals surface area contributed by atoms with Crippen molar-refractivity contribution in [3.8, 4) is 0 Å². The van der Waals surface area contributed by atoms with Crippen molar-refractivity contribution in [2.24, 2.45) is 29.4 Å². The second-order valence-electron chi connectivity index (χ2n) is 13.6. The quantitative estimate of drug-likeness (QED) is 0.190. The number of methoxy groups -OCH3 is 2. The van der Waals surface area contributed by atoms with Gasteiger partial charge in [0.05, 0.1) is 19.4 Å². The number of hydrogen-bond acceptors (Lipinski definition) is 8. The maximum Gasteiger partial charge on any atom is 0.374 e. The summed E-state index contributed by atoms with van der Waals surface area (Å²) in [7, 11) is 3.39. The van der Waals surface area contributed by atoms with Gasteiger partial charge in [-0.3, -0.25) is 14.0 Å². The largest absolute Gasteiger partial charge is 0.460 e. The normalized spacial score (nSPS) is 27.1. The lowest BCUT2D eigenvalue weighted by Gasteiger charge is -2.37. The third kappa shape index (κ3) is 8.72. The summed E-state index contributed by atoms with van der Waals surface area (Å²) in [6.45, 7) is 1.03. The summed E-state index contributed by atoms with van der Waals surface area (Å²) in [5, 5.41) is 3.77. The molecule has 11 heteroatoms. The lowest BCUT2D eigenvalue weighted by molar-refractivity contribution is -0.142. The molecule has 2 aliphatic carbocycles. The highest BCUT2D eigenvalue weighted by molar-refractivity contribution is 6.00. The lowest BCUT2D eigenvalue weighted by atomic mass is 9.75. The van der Waals surface area contributed by atoms with Gasteiger partial charge in [-0.05, 0) is 119 Å². The number of ether oxygens (including phenoxy) is 3. The number of nitrogens with zero attached hydrogens (tertiary/aromatic N) is 1. The van der Waals surface area contributed by atoms with Crippen LogP contribution >= 0.6 is 0 Å². The molecule has 1 aromatic heterocycles. The average molecular weight is 658 g/mol. The molecule has 260 valence electrons. The number of likely N-dealkylation sites (tertiary alicyclic amines) is 1. The molecular formula is C36H52FN3O7. The van der Waals surface area contributed by atoms with Crippen molar-refractivity contribution in [2.75, 3.05) is 46.0 Å². The molecule has 0 unspecified atom stereocenters. The van der Waals surface area contributed by atoms with E-state index in [0.29, 0.717) is 61.4 Å². The number of rotatable bonds is 14. The van der Waals surface area contributed by atoms with Crippen LogP contribution in [0.2, 0.25) is 0 Å². The maximum atomic E-state index is 14.2. The van der Waals surface area contributed by atoms with Gasteiger partial charge in [0.15, 0.2) is 0 Å². The summed E-state index contributed by atoms with van der Waals surface area (Å²) < 4.78 is 34.6. The lowest BCUT2D eigenvalue weighted by Crippen LogP contribution is -2.50. The van der Waals surface area contributed by atoms with Gasteiger partial charge in [0.25, 0.3) is 0 Å². The van der Waals surface area contributed by atoms with Crippen molar-refractivity contribution in [1.29, 1.82) is 0 Å². The number of benzene rings is 1. The Labute approximate surface area is 277 Å². The molecule has 3 fully saturated rings. The molecule has 5 rings (SSSR count). The van der Waals surface area contributed by atoms with Crippen LogP contribution in [-0.4, -0.2) is 81.5 Å². The van der Waals surface area contributed by atoms with E-state index in [0.717, 1.165) is 51.4 Å². The number of nitrogens with one attached hydrogen (secondary N) is 1. The number of unbranched alkanes of at least 4 members (excludes halogenated alkanes) is 1. The van der Waals surface area contributed by atoms with Gasteiger partial charge in [-0.15, -0.1) is 0 Å². The Morgan fingerprint density at radius 2 is 1.74 bits per heavy atom. The first kappa shape index (κ1) is 35.3. The third-order valence-corrected chi connectivity index (χ3v) is 10.8. The highest BCUT2D eigenvalue weighted by Crippen LogP contribution is 2.42. The van der Waals surface area contributed by atoms with Crippen molar-refractivity contribution in [2.45, 2.75) is 95.2 Å². The standard InChI is InChI=1S/C36H52FN3O7/c1-44-19-3-4-20-46-36(43)32-22-26-21-27(11-14-31(26)47-32)39-34(41)33-29(23-9-12-28(45-2)13-10-23)16-18-40(33)35(42)25-7-5-24(6-8-25)30(38)15-17-37/h11,14,21-25,28-30,33H,3-10,12-13,15-20,38H2,1-2H3,(H,39,41)/t23?,24-,25-,28?,29-,30+,33-/m0/s1. The van der Waals surface area contributed by atoms with Crippen LogP contribution in [0.1, 0.15) is 87.6 Å². The van der Waals surface area contributed by atoms with Gasteiger partial charge in [-0.1, -0.05) is 0 Å². The van der Waals surface area contributed by atoms with Crippen LogP contribution in [0.4, 0.5) is 10.1 Å². The molecule has 2 amide bonds. The Morgan fingerprint density at radius 1 is 1.00 bits per heavy atom. The maximum absolute atomic E-state index is 14.2. The molecule has 1 saturated heterocycles. The number of hydrogen-bond donors (Lipinski definition) is 2. The van der Waals surface area contributed by atoms with E-state index in [9.17, 15) is 18.8 Å². The Kier molecular flexibility index (Phi) is 12.7. The number of furan rings is 1. The van der Waals surface area contributed by atoms with Gasteiger partial charge in [-0.25, -0.2) is 4.79 Å². The minimum atomic E-state index is -0.568. The smallest absolute Gasteiger partial charge is 0.374 e. The first-order valence-electron chi connectivity index (χ1n) is 17.5. The van der Waals surface area contributed by atoms with Gasteiger partial charge < -0.3 is 34.6 Å². The van der Waals surface area contributed by atoms with Crippen molar-refractivity contribution < 1.29 is 37.4 Å². The van der Waals surface area contributed by atoms with E-state index in [1.54, 1.807) is 38.5 Å². The van der Waals surface area contributed by atoms with Crippen LogP contribution in [0.3, 0.4) is 0 Å². The summed E-state index contributed by atoms with van der Waals surface area (Å²) in [5.74, 6) is -0.0837. The molecule has 3 N–H and O–H groups in total. The summed E-state index contributed by atoms with van der Waals surface area (Å²) in [4.78, 5) is 42.6. The number of amides is 2. The fourth-order valence-corrected chi connectivity index (χ4v) is 8.06. The number of fused-ring (bicyclic) bond motifs is 1. The first-order valence-corrected chi connectivity index (χ1v) is 17.5. The zero-order valence-electron chi connectivity index (χ0n) is 27.9. The van der Waals surface area contributed by atoms with Crippen LogP contribution < -0.4 is 11.1 Å². The molecule has 0 spiro atoms. The summed E-state index contributed by atoms with van der Waals surface area (Å²) >= 11 is 0. The van der Waals surface area contributed by atoms with Crippen LogP contribution in [0.5, 0.6) is 0 Å². The van der Waals surface area contributed by atoms with E-state index in [2.05, 4.69) is 5.32 Å². The molecule has 47 heavy (non-hydrogen) atoms. The molecule has 10 nitrogen and oxygen atoms in total. The monoisotopic (exact) mass is 657 g/mol. The molecule has 2 saturated carbocycles. The van der Waals surface area contributed by atoms with Gasteiger partial charge in [0, 0.05) is 50.4 Å². The number of nitrogens with two attached hydrogens (primary N) is 1. The topological polar surface area (TPSA) is 133 Å². The highest BCUT2D eigenvalue weighted by Gasteiger charge is 2.47. The van der Waals surface area contributed by atoms with Crippen LogP contribution in [-0.2, 0) is 23.8 Å². The van der Waals surface area contributed by atoms with E-state index in [1.807, 2.05) is 4.90 Å². The van der Waals surface area contributed by atoms with Gasteiger partial charge in [0.1, 0.15) is 11.6 Å². The number of carbonyl (C=O) groups excluding carboxylic acids is 3. The number of carbonyl (C=O) groups is 3. The summed E-state index contributed by atoms with van der Waals surface area (Å²) in [6.07, 6.45) is 9.79. The fraction of sp³-hybridized carbons (Fsp3) is 0.694. The SMILES string of the molecule is COCCCCOC(=O)c1cc2cc(NC(=O)[C@@H]3[C@H](C4CCC(OC)CC4)CCN3C(=O)[C@H]3CC[C@H]([C@H](N)CCF)CC3)ccc2o1. The average Bonchev–Trinajstić information content (AvgIpc) is 3.73. The molecule has 0 radical (unpaired) electrons. The van der Waals surface area contributed by atoms with Gasteiger partial charge in [0.2, 0.25) is 17.6 Å². The highest BCUT2D eigenvalue weighted by atomic mass is 19.1. The van der Waals surface area contributed by atoms with Crippen molar-refractivity contribution in [3.63, 3.8) is 0 Å². The van der Waals surface area contributed by atoms with Crippen molar-refractivity contribution in [1.82, 2.24) is 4.90 Å². The second kappa shape index (κ2) is 16.9. The van der Waals surface area contributed by atoms with Crippen LogP contribution in [0, 0.1) is 23.7 Å². The van der Waals surface area contributed by atoms with Crippen molar-refractivity contribution >= 4 is 34.4 Å². The number of anilines is 1. The Morgan fingerprint density at radius 3 is 2.45 bits per heavy atom. The second-order valence-corrected chi connectivity index (χ2v) is 13.6. The van der Waals surface area contributed by atoms with Crippen molar-refractivity contribution in [3.05, 3.63) is 30.0 Å². The fourth-order valence-electron chi connectivity index (χ4n) is 8.06. The molecule has 2 aromatic rings. The minimum absolute atomic E-state index is 0.0476. The summed E-state index contributed by atoms with van der Waals surface area (Å²) in [5.41, 5.74) is 7.30. The minimum Gasteiger partial charge on any atom is -0.460 e. The zero-order valence-corrected chi connectivity index (χ0v) is 27.9. The van der Waals surface area contributed by atoms with E-state index in [4.69, 9.17) is 24.4 Å². The Hall–Kier alpha value is -3.02. The van der Waals surface area contributed by atoms with E-state index in [1.165, 1.54) is 0 Å². The van der Waals surface area contributed by atoms with Gasteiger partial charge >= 0.3 is 5.97 Å². The predicted molar refractivity (Wildman–Crippen MR) is 177 cm³/mol. The van der Waals surface area contributed by atoms with E-state index >= 15 is 0 Å². The molecule has 3 aliphatic rings. The molecule has 1 aromatic carbocycles. The summed E-state index contributed by atoms with van der Waals surface area (Å²) in [6, 6.07) is 6.16.